The molecule has 0 aliphatic carbocycles. The molecule has 1 aliphatic rings. The van der Waals surface area contributed by atoms with E-state index in [0.29, 0.717) is 6.04 Å². The lowest BCUT2D eigenvalue weighted by atomic mass is 10.0. The molecule has 1 fully saturated rings. The van der Waals surface area contributed by atoms with E-state index in [2.05, 4.69) is 31.0 Å². The number of hydrogen-bond acceptors (Lipinski definition) is 3. The van der Waals surface area contributed by atoms with Crippen LogP contribution in [0.2, 0.25) is 0 Å². The molecular weight excluding hydrogens is 200 g/mol. The molecule has 1 N–H and O–H groups in total. The van der Waals surface area contributed by atoms with E-state index < -0.39 is 0 Å². The van der Waals surface area contributed by atoms with Gasteiger partial charge < -0.3 is 10.1 Å². The maximum absolute atomic E-state index is 5.64. The van der Waals surface area contributed by atoms with Crippen LogP contribution in [-0.2, 0) is 4.74 Å². The molecular formula is C13H28N2O. The molecule has 0 saturated carbocycles. The van der Waals surface area contributed by atoms with Crippen molar-refractivity contribution in [2.75, 3.05) is 39.4 Å². The van der Waals surface area contributed by atoms with Crippen molar-refractivity contribution in [1.29, 1.82) is 0 Å². The topological polar surface area (TPSA) is 24.5 Å². The van der Waals surface area contributed by atoms with Crippen molar-refractivity contribution in [1.82, 2.24) is 10.2 Å². The zero-order chi connectivity index (χ0) is 11.8. The quantitative estimate of drug-likeness (QED) is 0.672. The van der Waals surface area contributed by atoms with E-state index in [-0.39, 0.29) is 0 Å². The van der Waals surface area contributed by atoms with Gasteiger partial charge in [-0.2, -0.15) is 0 Å². The third kappa shape index (κ3) is 4.81. The molecule has 0 bridgehead atoms. The first kappa shape index (κ1) is 13.9. The minimum atomic E-state index is 0.684. The number of rotatable bonds is 7. The summed E-state index contributed by atoms with van der Waals surface area (Å²) in [5, 5.41) is 3.47. The lowest BCUT2D eigenvalue weighted by molar-refractivity contribution is 0.0621. The van der Waals surface area contributed by atoms with Gasteiger partial charge in [-0.05, 0) is 12.3 Å². The lowest BCUT2D eigenvalue weighted by Gasteiger charge is -2.38. The number of nitrogens with one attached hydrogen (secondary N) is 1. The van der Waals surface area contributed by atoms with Crippen LogP contribution in [0.25, 0.3) is 0 Å². The SMILES string of the molecule is CCCCOCCN1CCNCC1C(C)C. The molecule has 96 valence electrons. The van der Waals surface area contributed by atoms with Gasteiger partial charge in [0.1, 0.15) is 0 Å². The Hall–Kier alpha value is -0.120. The summed E-state index contributed by atoms with van der Waals surface area (Å²) in [6.45, 7) is 13.1. The summed E-state index contributed by atoms with van der Waals surface area (Å²) >= 11 is 0. The van der Waals surface area contributed by atoms with E-state index in [1.807, 2.05) is 0 Å². The second-order valence-electron chi connectivity index (χ2n) is 5.02. The first-order valence-electron chi connectivity index (χ1n) is 6.78. The van der Waals surface area contributed by atoms with Crippen LogP contribution in [0.4, 0.5) is 0 Å². The van der Waals surface area contributed by atoms with Crippen molar-refractivity contribution in [3.05, 3.63) is 0 Å². The van der Waals surface area contributed by atoms with Crippen molar-refractivity contribution >= 4 is 0 Å². The standard InChI is InChI=1S/C13H28N2O/c1-4-5-9-16-10-8-15-7-6-14-11-13(15)12(2)3/h12-14H,4-11H2,1-3H3. The smallest absolute Gasteiger partial charge is 0.0593 e. The Morgan fingerprint density at radius 2 is 2.19 bits per heavy atom. The first-order valence-corrected chi connectivity index (χ1v) is 6.78. The molecule has 3 nitrogen and oxygen atoms in total. The van der Waals surface area contributed by atoms with E-state index in [9.17, 15) is 0 Å². The summed E-state index contributed by atoms with van der Waals surface area (Å²) in [6.07, 6.45) is 2.41. The van der Waals surface area contributed by atoms with Gasteiger partial charge in [-0.25, -0.2) is 0 Å². The Morgan fingerprint density at radius 3 is 2.88 bits per heavy atom. The molecule has 1 unspecified atom stereocenters. The molecule has 1 aliphatic heterocycles. The van der Waals surface area contributed by atoms with Gasteiger partial charge in [0.15, 0.2) is 0 Å². The molecule has 0 radical (unpaired) electrons. The highest BCUT2D eigenvalue weighted by Gasteiger charge is 2.24. The second-order valence-corrected chi connectivity index (χ2v) is 5.02. The van der Waals surface area contributed by atoms with Crippen molar-refractivity contribution in [3.8, 4) is 0 Å². The van der Waals surface area contributed by atoms with Gasteiger partial charge in [0.05, 0.1) is 6.61 Å². The molecule has 1 heterocycles. The van der Waals surface area contributed by atoms with E-state index in [0.717, 1.165) is 38.8 Å². The molecule has 0 aromatic carbocycles. The van der Waals surface area contributed by atoms with Gasteiger partial charge in [0, 0.05) is 38.8 Å². The van der Waals surface area contributed by atoms with E-state index in [4.69, 9.17) is 4.74 Å². The number of nitrogens with zero attached hydrogens (tertiary/aromatic N) is 1. The maximum atomic E-state index is 5.64. The molecule has 0 aromatic rings. The van der Waals surface area contributed by atoms with Crippen LogP contribution in [0.3, 0.4) is 0 Å². The van der Waals surface area contributed by atoms with Crippen molar-refractivity contribution in [3.63, 3.8) is 0 Å². The van der Waals surface area contributed by atoms with Crippen LogP contribution in [0.15, 0.2) is 0 Å². The third-order valence-corrected chi connectivity index (χ3v) is 3.33. The van der Waals surface area contributed by atoms with Crippen LogP contribution in [0.5, 0.6) is 0 Å². The van der Waals surface area contributed by atoms with Crippen LogP contribution < -0.4 is 5.32 Å². The largest absolute Gasteiger partial charge is 0.380 e. The fourth-order valence-corrected chi connectivity index (χ4v) is 2.23. The average Bonchev–Trinajstić information content (AvgIpc) is 2.29. The molecule has 1 rings (SSSR count). The van der Waals surface area contributed by atoms with Crippen molar-refractivity contribution < 1.29 is 4.74 Å². The van der Waals surface area contributed by atoms with E-state index >= 15 is 0 Å². The molecule has 1 atom stereocenters. The summed E-state index contributed by atoms with van der Waals surface area (Å²) in [4.78, 5) is 2.58. The van der Waals surface area contributed by atoms with Gasteiger partial charge in [0.2, 0.25) is 0 Å². The molecule has 1 saturated heterocycles. The van der Waals surface area contributed by atoms with Gasteiger partial charge in [0.25, 0.3) is 0 Å². The molecule has 0 aromatic heterocycles. The molecule has 0 amide bonds. The summed E-state index contributed by atoms with van der Waals surface area (Å²) in [6, 6.07) is 0.684. The third-order valence-electron chi connectivity index (χ3n) is 3.33. The maximum Gasteiger partial charge on any atom is 0.0593 e. The predicted molar refractivity (Wildman–Crippen MR) is 68.8 cm³/mol. The Balaban J connectivity index is 2.17. The van der Waals surface area contributed by atoms with E-state index in [1.165, 1.54) is 19.4 Å². The molecule has 3 heteroatoms. The zero-order valence-corrected chi connectivity index (χ0v) is 11.2. The van der Waals surface area contributed by atoms with Gasteiger partial charge in [-0.3, -0.25) is 4.90 Å². The molecule has 0 spiro atoms. The minimum absolute atomic E-state index is 0.684. The fraction of sp³-hybridized carbons (Fsp3) is 1.00. The predicted octanol–water partition coefficient (Wildman–Crippen LogP) is 1.73. The highest BCUT2D eigenvalue weighted by molar-refractivity contribution is 4.81. The number of ether oxygens (including phenoxy) is 1. The second kappa shape index (κ2) is 8.04. The minimum Gasteiger partial charge on any atom is -0.380 e. The Kier molecular flexibility index (Phi) is 7.01. The van der Waals surface area contributed by atoms with Gasteiger partial charge in [-0.1, -0.05) is 27.2 Å². The summed E-state index contributed by atoms with van der Waals surface area (Å²) < 4.78 is 5.64. The Labute approximate surface area is 101 Å². The van der Waals surface area contributed by atoms with Crippen molar-refractivity contribution in [2.45, 2.75) is 39.7 Å². The number of piperazine rings is 1. The van der Waals surface area contributed by atoms with E-state index in [1.54, 1.807) is 0 Å². The average molecular weight is 228 g/mol. The van der Waals surface area contributed by atoms with Gasteiger partial charge in [-0.15, -0.1) is 0 Å². The Morgan fingerprint density at radius 1 is 1.38 bits per heavy atom. The van der Waals surface area contributed by atoms with Crippen LogP contribution in [0, 0.1) is 5.92 Å². The summed E-state index contributed by atoms with van der Waals surface area (Å²) in [7, 11) is 0. The fourth-order valence-electron chi connectivity index (χ4n) is 2.23. The highest BCUT2D eigenvalue weighted by atomic mass is 16.5. The molecule has 16 heavy (non-hydrogen) atoms. The zero-order valence-electron chi connectivity index (χ0n) is 11.2. The lowest BCUT2D eigenvalue weighted by Crippen LogP contribution is -2.54. The number of hydrogen-bond donors (Lipinski definition) is 1. The van der Waals surface area contributed by atoms with Crippen LogP contribution >= 0.6 is 0 Å². The Bertz CT molecular complexity index is 173. The summed E-state index contributed by atoms with van der Waals surface area (Å²) in [5.41, 5.74) is 0. The highest BCUT2D eigenvalue weighted by Crippen LogP contribution is 2.12. The summed E-state index contributed by atoms with van der Waals surface area (Å²) in [5.74, 6) is 0.725. The number of unbranched alkanes of at least 4 members (excludes halogenated alkanes) is 1. The van der Waals surface area contributed by atoms with Crippen molar-refractivity contribution in [2.24, 2.45) is 5.92 Å². The van der Waals surface area contributed by atoms with Crippen LogP contribution in [0.1, 0.15) is 33.6 Å². The first-order chi connectivity index (χ1) is 7.75. The van der Waals surface area contributed by atoms with Crippen LogP contribution in [-0.4, -0.2) is 50.3 Å². The monoisotopic (exact) mass is 228 g/mol. The normalized spacial score (nSPS) is 22.9. The van der Waals surface area contributed by atoms with Gasteiger partial charge >= 0.3 is 0 Å².